The Labute approximate surface area is 108 Å². The summed E-state index contributed by atoms with van der Waals surface area (Å²) in [5.74, 6) is 0.959. The Morgan fingerprint density at radius 3 is 2.94 bits per heavy atom. The Morgan fingerprint density at radius 1 is 1.39 bits per heavy atom. The van der Waals surface area contributed by atoms with E-state index in [0.717, 1.165) is 24.1 Å². The second-order valence-corrected chi connectivity index (χ2v) is 5.20. The van der Waals surface area contributed by atoms with Crippen LogP contribution in [0.25, 0.3) is 10.9 Å². The maximum absolute atomic E-state index is 5.49. The number of aromatic nitrogens is 1. The number of benzene rings is 1. The highest BCUT2D eigenvalue weighted by Crippen LogP contribution is 2.34. The lowest BCUT2D eigenvalue weighted by Crippen LogP contribution is -2.31. The van der Waals surface area contributed by atoms with E-state index in [4.69, 9.17) is 4.74 Å². The first-order valence-corrected chi connectivity index (χ1v) is 6.58. The summed E-state index contributed by atoms with van der Waals surface area (Å²) < 4.78 is 5.49. The Hall–Kier alpha value is -1.48. The molecule has 0 saturated heterocycles. The third kappa shape index (κ3) is 1.70. The van der Waals surface area contributed by atoms with Gasteiger partial charge in [0.1, 0.15) is 5.75 Å². The molecule has 0 aliphatic heterocycles. The molecule has 2 N–H and O–H groups in total. The summed E-state index contributed by atoms with van der Waals surface area (Å²) in [5, 5.41) is 4.72. The molecule has 1 aromatic heterocycles. The summed E-state index contributed by atoms with van der Waals surface area (Å²) in [7, 11) is 3.79. The number of H-pyrrole nitrogens is 1. The van der Waals surface area contributed by atoms with E-state index in [1.54, 1.807) is 7.11 Å². The number of hydrogen-bond acceptors (Lipinski definition) is 2. The van der Waals surface area contributed by atoms with Crippen molar-refractivity contribution in [1.82, 2.24) is 10.3 Å². The predicted octanol–water partition coefficient (Wildman–Crippen LogP) is 2.56. The highest BCUT2D eigenvalue weighted by Gasteiger charge is 2.22. The van der Waals surface area contributed by atoms with Crippen LogP contribution in [0, 0.1) is 6.92 Å². The molecule has 0 fully saturated rings. The molecule has 1 aromatic carbocycles. The van der Waals surface area contributed by atoms with Gasteiger partial charge in [0.15, 0.2) is 0 Å². The summed E-state index contributed by atoms with van der Waals surface area (Å²) in [6.45, 7) is 2.13. The Morgan fingerprint density at radius 2 is 2.22 bits per heavy atom. The van der Waals surface area contributed by atoms with Gasteiger partial charge in [-0.05, 0) is 50.1 Å². The fraction of sp³-hybridized carbons (Fsp3) is 0.467. The summed E-state index contributed by atoms with van der Waals surface area (Å²) in [6.07, 6.45) is 3.45. The van der Waals surface area contributed by atoms with Crippen molar-refractivity contribution in [3.05, 3.63) is 29.0 Å². The SMILES string of the molecule is CNC1CCc2c([nH]c3c(OC)cc(C)cc23)C1. The topological polar surface area (TPSA) is 37.0 Å². The zero-order valence-corrected chi connectivity index (χ0v) is 11.3. The van der Waals surface area contributed by atoms with E-state index in [9.17, 15) is 0 Å². The molecule has 0 amide bonds. The average molecular weight is 244 g/mol. The van der Waals surface area contributed by atoms with Crippen molar-refractivity contribution in [1.29, 1.82) is 0 Å². The lowest BCUT2D eigenvalue weighted by molar-refractivity contribution is 0.418. The van der Waals surface area contributed by atoms with Crippen LogP contribution in [0.5, 0.6) is 5.75 Å². The molecule has 0 bridgehead atoms. The molecule has 1 aliphatic rings. The molecule has 0 saturated carbocycles. The lowest BCUT2D eigenvalue weighted by Gasteiger charge is -2.21. The molecular formula is C15H20N2O. The van der Waals surface area contributed by atoms with Crippen LogP contribution in [0.1, 0.15) is 23.2 Å². The van der Waals surface area contributed by atoms with E-state index in [1.165, 1.54) is 28.6 Å². The first-order valence-electron chi connectivity index (χ1n) is 6.58. The average Bonchev–Trinajstić information content (AvgIpc) is 2.75. The van der Waals surface area contributed by atoms with Gasteiger partial charge in [-0.3, -0.25) is 0 Å². The molecule has 96 valence electrons. The number of likely N-dealkylation sites (N-methyl/N-ethyl adjacent to an activating group) is 1. The van der Waals surface area contributed by atoms with Crippen molar-refractivity contribution in [3.63, 3.8) is 0 Å². The van der Waals surface area contributed by atoms with E-state index in [-0.39, 0.29) is 0 Å². The van der Waals surface area contributed by atoms with Crippen LogP contribution >= 0.6 is 0 Å². The molecule has 3 nitrogen and oxygen atoms in total. The minimum Gasteiger partial charge on any atom is -0.495 e. The largest absolute Gasteiger partial charge is 0.495 e. The number of aromatic amines is 1. The smallest absolute Gasteiger partial charge is 0.143 e. The van der Waals surface area contributed by atoms with E-state index >= 15 is 0 Å². The van der Waals surface area contributed by atoms with Crippen LogP contribution < -0.4 is 10.1 Å². The van der Waals surface area contributed by atoms with Gasteiger partial charge in [-0.1, -0.05) is 0 Å². The zero-order chi connectivity index (χ0) is 12.7. The van der Waals surface area contributed by atoms with E-state index < -0.39 is 0 Å². The Kier molecular flexibility index (Phi) is 2.78. The van der Waals surface area contributed by atoms with Gasteiger partial charge in [0.25, 0.3) is 0 Å². The van der Waals surface area contributed by atoms with E-state index in [2.05, 4.69) is 29.4 Å². The van der Waals surface area contributed by atoms with E-state index in [1.807, 2.05) is 7.05 Å². The highest BCUT2D eigenvalue weighted by atomic mass is 16.5. The van der Waals surface area contributed by atoms with Crippen LogP contribution in [0.4, 0.5) is 0 Å². The minimum atomic E-state index is 0.595. The minimum absolute atomic E-state index is 0.595. The molecule has 1 atom stereocenters. The number of nitrogens with one attached hydrogen (secondary N) is 2. The van der Waals surface area contributed by atoms with Crippen LogP contribution in [-0.2, 0) is 12.8 Å². The van der Waals surface area contributed by atoms with Crippen LogP contribution in [0.3, 0.4) is 0 Å². The summed E-state index contributed by atoms with van der Waals surface area (Å²) >= 11 is 0. The Balaban J connectivity index is 2.18. The van der Waals surface area contributed by atoms with Crippen molar-refractivity contribution in [2.24, 2.45) is 0 Å². The fourth-order valence-electron chi connectivity index (χ4n) is 3.04. The van der Waals surface area contributed by atoms with Crippen molar-refractivity contribution in [2.45, 2.75) is 32.2 Å². The molecule has 1 heterocycles. The normalized spacial score (nSPS) is 18.9. The van der Waals surface area contributed by atoms with Gasteiger partial charge in [-0.25, -0.2) is 0 Å². The van der Waals surface area contributed by atoms with Gasteiger partial charge in [-0.15, -0.1) is 0 Å². The molecule has 18 heavy (non-hydrogen) atoms. The zero-order valence-electron chi connectivity index (χ0n) is 11.3. The summed E-state index contributed by atoms with van der Waals surface area (Å²) in [4.78, 5) is 3.56. The predicted molar refractivity (Wildman–Crippen MR) is 74.5 cm³/mol. The number of ether oxygens (including phenoxy) is 1. The van der Waals surface area contributed by atoms with Gasteiger partial charge in [0, 0.05) is 23.5 Å². The fourth-order valence-corrected chi connectivity index (χ4v) is 3.04. The number of fused-ring (bicyclic) bond motifs is 3. The van der Waals surface area contributed by atoms with Gasteiger partial charge in [0.05, 0.1) is 12.6 Å². The van der Waals surface area contributed by atoms with Crippen molar-refractivity contribution >= 4 is 10.9 Å². The highest BCUT2D eigenvalue weighted by molar-refractivity contribution is 5.90. The Bertz CT molecular complexity index is 586. The number of rotatable bonds is 2. The second kappa shape index (κ2) is 4.32. The first kappa shape index (κ1) is 11.6. The standard InChI is InChI=1S/C15H20N2O/c1-9-6-12-11-5-4-10(16-2)8-13(11)17-15(12)14(7-9)18-3/h6-7,10,16-17H,4-5,8H2,1-3H3. The van der Waals surface area contributed by atoms with Gasteiger partial charge >= 0.3 is 0 Å². The van der Waals surface area contributed by atoms with E-state index in [0.29, 0.717) is 6.04 Å². The summed E-state index contributed by atoms with van der Waals surface area (Å²) in [6, 6.07) is 4.96. The van der Waals surface area contributed by atoms with Crippen molar-refractivity contribution in [2.75, 3.05) is 14.2 Å². The molecule has 1 unspecified atom stereocenters. The maximum atomic E-state index is 5.49. The van der Waals surface area contributed by atoms with Gasteiger partial charge in [0.2, 0.25) is 0 Å². The van der Waals surface area contributed by atoms with Crippen LogP contribution in [0.2, 0.25) is 0 Å². The molecule has 0 radical (unpaired) electrons. The first-order chi connectivity index (χ1) is 8.72. The van der Waals surface area contributed by atoms with Crippen LogP contribution in [-0.4, -0.2) is 25.2 Å². The second-order valence-electron chi connectivity index (χ2n) is 5.20. The maximum Gasteiger partial charge on any atom is 0.143 e. The molecule has 1 aliphatic carbocycles. The monoisotopic (exact) mass is 244 g/mol. The third-order valence-corrected chi connectivity index (χ3v) is 4.03. The molecule has 0 spiro atoms. The van der Waals surface area contributed by atoms with Gasteiger partial charge < -0.3 is 15.0 Å². The third-order valence-electron chi connectivity index (χ3n) is 4.03. The number of aryl methyl sites for hydroxylation is 2. The van der Waals surface area contributed by atoms with Gasteiger partial charge in [-0.2, -0.15) is 0 Å². The lowest BCUT2D eigenvalue weighted by atomic mass is 9.91. The molecule has 2 aromatic rings. The molecule has 3 rings (SSSR count). The number of methoxy groups -OCH3 is 1. The van der Waals surface area contributed by atoms with Crippen LogP contribution in [0.15, 0.2) is 12.1 Å². The molecule has 3 heteroatoms. The van der Waals surface area contributed by atoms with Crippen molar-refractivity contribution in [3.8, 4) is 5.75 Å². The molecular weight excluding hydrogens is 224 g/mol. The quantitative estimate of drug-likeness (QED) is 0.852. The van der Waals surface area contributed by atoms with Crippen molar-refractivity contribution < 1.29 is 4.74 Å². The number of hydrogen-bond donors (Lipinski definition) is 2. The summed E-state index contributed by atoms with van der Waals surface area (Å²) in [5.41, 5.74) is 5.28.